The molecule has 0 aromatic carbocycles. The number of carbonyl (C=O) groups is 1. The Morgan fingerprint density at radius 2 is 2.42 bits per heavy atom. The highest BCUT2D eigenvalue weighted by Gasteiger charge is 2.25. The molecule has 1 saturated heterocycles. The van der Waals surface area contributed by atoms with Gasteiger partial charge in [-0.2, -0.15) is 0 Å². The summed E-state index contributed by atoms with van der Waals surface area (Å²) in [5.74, 6) is 1.20. The summed E-state index contributed by atoms with van der Waals surface area (Å²) in [5.41, 5.74) is 1.35. The maximum absolute atomic E-state index is 12.4. The minimum Gasteiger partial charge on any atom is -0.391 e. The van der Waals surface area contributed by atoms with Crippen LogP contribution in [0.5, 0.6) is 0 Å². The quantitative estimate of drug-likeness (QED) is 0.669. The van der Waals surface area contributed by atoms with Crippen molar-refractivity contribution in [3.63, 3.8) is 0 Å². The molecule has 0 spiro atoms. The molecule has 128 valence electrons. The van der Waals surface area contributed by atoms with Gasteiger partial charge in [0.15, 0.2) is 0 Å². The van der Waals surface area contributed by atoms with E-state index in [1.165, 1.54) is 11.8 Å². The predicted octanol–water partition coefficient (Wildman–Crippen LogP) is 0.980. The van der Waals surface area contributed by atoms with Crippen LogP contribution in [0, 0.1) is 12.8 Å². The highest BCUT2D eigenvalue weighted by molar-refractivity contribution is 7.98. The molecule has 2 atom stereocenters. The first-order valence-corrected chi connectivity index (χ1v) is 8.79. The van der Waals surface area contributed by atoms with E-state index in [0.29, 0.717) is 36.0 Å². The Morgan fingerprint density at radius 1 is 1.54 bits per heavy atom. The molecular formula is C16H20N4O3S. The van der Waals surface area contributed by atoms with Crippen LogP contribution in [0.15, 0.2) is 33.9 Å². The number of hydrogen-bond acceptors (Lipinski definition) is 7. The second kappa shape index (κ2) is 7.78. The van der Waals surface area contributed by atoms with Crippen molar-refractivity contribution in [3.05, 3.63) is 41.4 Å². The third-order valence-electron chi connectivity index (χ3n) is 3.88. The maximum Gasteiger partial charge on any atom is 0.254 e. The van der Waals surface area contributed by atoms with E-state index in [0.717, 1.165) is 11.5 Å². The number of thioether (sulfide) groups is 1. The summed E-state index contributed by atoms with van der Waals surface area (Å²) >= 11 is 1.44. The zero-order chi connectivity index (χ0) is 16.9. The zero-order valence-corrected chi connectivity index (χ0v) is 14.2. The summed E-state index contributed by atoms with van der Waals surface area (Å²) < 4.78 is 5.04. The van der Waals surface area contributed by atoms with E-state index in [4.69, 9.17) is 4.52 Å². The molecule has 7 nitrogen and oxygen atoms in total. The summed E-state index contributed by atoms with van der Waals surface area (Å²) in [4.78, 5) is 16.7. The van der Waals surface area contributed by atoms with E-state index in [1.807, 2.05) is 13.0 Å². The molecule has 0 radical (unpaired) electrons. The van der Waals surface area contributed by atoms with Gasteiger partial charge in [-0.25, -0.2) is 4.98 Å². The fraction of sp³-hybridized carbons (Fsp3) is 0.438. The number of aromatic nitrogens is 2. The zero-order valence-electron chi connectivity index (χ0n) is 13.4. The fourth-order valence-corrected chi connectivity index (χ4v) is 3.43. The van der Waals surface area contributed by atoms with E-state index in [2.05, 4.69) is 20.8 Å². The number of aliphatic hydroxyl groups excluding tert-OH is 1. The predicted molar refractivity (Wildman–Crippen MR) is 89.7 cm³/mol. The van der Waals surface area contributed by atoms with Gasteiger partial charge in [0.05, 0.1) is 17.4 Å². The van der Waals surface area contributed by atoms with Crippen molar-refractivity contribution < 1.29 is 14.4 Å². The first-order valence-electron chi connectivity index (χ1n) is 7.80. The van der Waals surface area contributed by atoms with Gasteiger partial charge in [-0.15, -0.1) is 0 Å². The van der Waals surface area contributed by atoms with E-state index in [9.17, 15) is 9.90 Å². The smallest absolute Gasteiger partial charge is 0.254 e. The minimum absolute atomic E-state index is 0.0415. The number of carbonyl (C=O) groups excluding carboxylic acids is 1. The molecule has 24 heavy (non-hydrogen) atoms. The Bertz CT molecular complexity index is 706. The molecule has 2 aromatic heterocycles. The minimum atomic E-state index is -0.413. The number of nitrogens with zero attached hydrogens (tertiary/aromatic N) is 2. The van der Waals surface area contributed by atoms with Crippen molar-refractivity contribution in [2.45, 2.75) is 23.8 Å². The normalized spacial score (nSPS) is 20.2. The van der Waals surface area contributed by atoms with E-state index in [-0.39, 0.29) is 11.8 Å². The van der Waals surface area contributed by atoms with Crippen LogP contribution >= 0.6 is 11.8 Å². The molecule has 1 fully saturated rings. The van der Waals surface area contributed by atoms with Crippen LogP contribution in [0.25, 0.3) is 0 Å². The summed E-state index contributed by atoms with van der Waals surface area (Å²) in [7, 11) is 0. The van der Waals surface area contributed by atoms with Crippen molar-refractivity contribution in [1.29, 1.82) is 0 Å². The second-order valence-electron chi connectivity index (χ2n) is 5.77. The van der Waals surface area contributed by atoms with Crippen LogP contribution in [0.2, 0.25) is 0 Å². The van der Waals surface area contributed by atoms with Gasteiger partial charge in [0.1, 0.15) is 10.8 Å². The number of aliphatic hydroxyl groups is 1. The Morgan fingerprint density at radius 3 is 3.12 bits per heavy atom. The summed E-state index contributed by atoms with van der Waals surface area (Å²) in [5, 5.41) is 20.4. The Labute approximate surface area is 144 Å². The molecule has 3 heterocycles. The molecule has 0 bridgehead atoms. The molecule has 1 aliphatic rings. The fourth-order valence-electron chi connectivity index (χ4n) is 2.55. The third kappa shape index (κ3) is 4.14. The molecule has 1 aliphatic heterocycles. The van der Waals surface area contributed by atoms with Gasteiger partial charge >= 0.3 is 0 Å². The van der Waals surface area contributed by atoms with Crippen molar-refractivity contribution in [2.24, 2.45) is 5.92 Å². The van der Waals surface area contributed by atoms with Crippen LogP contribution in [0.4, 0.5) is 0 Å². The maximum atomic E-state index is 12.4. The molecule has 3 N–H and O–H groups in total. The largest absolute Gasteiger partial charge is 0.391 e. The highest BCUT2D eigenvalue weighted by Crippen LogP contribution is 2.24. The number of aryl methyl sites for hydroxylation is 1. The topological polar surface area (TPSA) is 100 Å². The van der Waals surface area contributed by atoms with Gasteiger partial charge in [0, 0.05) is 43.6 Å². The molecule has 8 heteroatoms. The lowest BCUT2D eigenvalue weighted by Gasteiger charge is -2.14. The molecule has 2 unspecified atom stereocenters. The van der Waals surface area contributed by atoms with Gasteiger partial charge in [0.2, 0.25) is 0 Å². The van der Waals surface area contributed by atoms with Gasteiger partial charge in [0.25, 0.3) is 5.91 Å². The Hall–Kier alpha value is -1.90. The molecule has 0 aliphatic carbocycles. The van der Waals surface area contributed by atoms with E-state index < -0.39 is 6.10 Å². The highest BCUT2D eigenvalue weighted by atomic mass is 32.2. The molecule has 0 saturated carbocycles. The number of amides is 1. The van der Waals surface area contributed by atoms with Gasteiger partial charge in [-0.05, 0) is 19.1 Å². The van der Waals surface area contributed by atoms with Gasteiger partial charge in [-0.3, -0.25) is 4.79 Å². The van der Waals surface area contributed by atoms with Crippen LogP contribution in [0.1, 0.15) is 21.8 Å². The first kappa shape index (κ1) is 16.9. The standard InChI is InChI=1S/C16H20N4O3S/c1-10-5-12(20-23-10)9-24-16-13(3-2-4-18-16)15(22)19-7-11-6-17-8-14(11)21/h2-5,11,14,17,21H,6-9H2,1H3,(H,19,22). The van der Waals surface area contributed by atoms with Crippen LogP contribution < -0.4 is 10.6 Å². The number of β-amino-alcohol motifs (C(OH)–C–C–N with tert-alkyl or cyclic N) is 1. The van der Waals surface area contributed by atoms with Crippen molar-refractivity contribution in [1.82, 2.24) is 20.8 Å². The summed E-state index contributed by atoms with van der Waals surface area (Å²) in [6.45, 7) is 3.56. The van der Waals surface area contributed by atoms with Crippen molar-refractivity contribution in [3.8, 4) is 0 Å². The lowest BCUT2D eigenvalue weighted by Crippen LogP contribution is -2.34. The Balaban J connectivity index is 1.61. The first-order chi connectivity index (χ1) is 11.6. The van der Waals surface area contributed by atoms with Crippen LogP contribution in [0.3, 0.4) is 0 Å². The third-order valence-corrected chi connectivity index (χ3v) is 4.92. The van der Waals surface area contributed by atoms with Crippen LogP contribution in [-0.2, 0) is 5.75 Å². The van der Waals surface area contributed by atoms with Gasteiger partial charge in [-0.1, -0.05) is 16.9 Å². The lowest BCUT2D eigenvalue weighted by molar-refractivity contribution is 0.0923. The average molecular weight is 348 g/mol. The summed E-state index contributed by atoms with van der Waals surface area (Å²) in [6, 6.07) is 5.36. The number of pyridine rings is 1. The summed E-state index contributed by atoms with van der Waals surface area (Å²) in [6.07, 6.45) is 1.25. The van der Waals surface area contributed by atoms with Crippen molar-refractivity contribution in [2.75, 3.05) is 19.6 Å². The average Bonchev–Trinajstić information content (AvgIpc) is 3.19. The monoisotopic (exact) mass is 348 g/mol. The Kier molecular flexibility index (Phi) is 5.49. The van der Waals surface area contributed by atoms with E-state index >= 15 is 0 Å². The number of nitrogens with one attached hydrogen (secondary N) is 2. The SMILES string of the molecule is Cc1cc(CSc2ncccc2C(=O)NCC2CNCC2O)no1. The van der Waals surface area contributed by atoms with Crippen molar-refractivity contribution >= 4 is 17.7 Å². The molecule has 2 aromatic rings. The van der Waals surface area contributed by atoms with Gasteiger partial charge < -0.3 is 20.3 Å². The number of hydrogen-bond donors (Lipinski definition) is 3. The molecular weight excluding hydrogens is 328 g/mol. The number of rotatable bonds is 6. The molecule has 3 rings (SSSR count). The molecule has 1 amide bonds. The van der Waals surface area contributed by atoms with E-state index in [1.54, 1.807) is 18.3 Å². The van der Waals surface area contributed by atoms with Crippen LogP contribution in [-0.4, -0.2) is 46.9 Å². The second-order valence-corrected chi connectivity index (χ2v) is 6.73. The lowest BCUT2D eigenvalue weighted by atomic mass is 10.1.